The summed E-state index contributed by atoms with van der Waals surface area (Å²) in [5.74, 6) is 0. The second kappa shape index (κ2) is 6.78. The van der Waals surface area contributed by atoms with Crippen LogP contribution < -0.4 is 0 Å². The minimum Gasteiger partial charge on any atom is -0.384 e. The van der Waals surface area contributed by atoms with E-state index in [0.29, 0.717) is 0 Å². The van der Waals surface area contributed by atoms with Gasteiger partial charge < -0.3 is 5.11 Å². The van der Waals surface area contributed by atoms with Gasteiger partial charge in [0.15, 0.2) is 0 Å². The smallest absolute Gasteiger partial charge is 0.104 e. The van der Waals surface area contributed by atoms with Gasteiger partial charge in [0.1, 0.15) is 6.10 Å². The minimum absolute atomic E-state index is 0.578. The first kappa shape index (κ1) is 14.8. The molecule has 1 N–H and O–H groups in total. The molecule has 0 heterocycles. The van der Waals surface area contributed by atoms with E-state index >= 15 is 0 Å². The summed E-state index contributed by atoms with van der Waals surface area (Å²) >= 11 is 5.90. The SMILES string of the molecule is OC(c1ccccc1)c1ccc(Cc2ccc(Cl)cc2)cc1. The second-order valence-electron chi connectivity index (χ2n) is 5.36. The molecule has 0 spiro atoms. The standard InChI is InChI=1S/C20H17ClO/c21-19-12-8-16(9-13-19)14-15-6-10-18(11-7-15)20(22)17-4-2-1-3-5-17/h1-13,20,22H,14H2. The maximum Gasteiger partial charge on any atom is 0.104 e. The molecular weight excluding hydrogens is 292 g/mol. The van der Waals surface area contributed by atoms with Crippen LogP contribution in [0.4, 0.5) is 0 Å². The zero-order chi connectivity index (χ0) is 15.4. The second-order valence-corrected chi connectivity index (χ2v) is 5.79. The van der Waals surface area contributed by atoms with E-state index in [1.54, 1.807) is 0 Å². The highest BCUT2D eigenvalue weighted by molar-refractivity contribution is 6.30. The molecule has 3 aromatic rings. The van der Waals surface area contributed by atoms with Gasteiger partial charge in [-0.2, -0.15) is 0 Å². The van der Waals surface area contributed by atoms with E-state index in [-0.39, 0.29) is 0 Å². The summed E-state index contributed by atoms with van der Waals surface area (Å²) < 4.78 is 0. The van der Waals surface area contributed by atoms with E-state index < -0.39 is 6.10 Å². The molecule has 1 unspecified atom stereocenters. The van der Waals surface area contributed by atoms with Gasteiger partial charge in [-0.1, -0.05) is 78.3 Å². The summed E-state index contributed by atoms with van der Waals surface area (Å²) in [6, 6.07) is 25.7. The van der Waals surface area contributed by atoms with Gasteiger partial charge >= 0.3 is 0 Å². The molecule has 0 aliphatic rings. The highest BCUT2D eigenvalue weighted by Crippen LogP contribution is 2.22. The van der Waals surface area contributed by atoms with Crippen LogP contribution in [0.2, 0.25) is 5.02 Å². The average molecular weight is 309 g/mol. The molecule has 0 aliphatic carbocycles. The molecule has 0 aromatic heterocycles. The molecule has 0 saturated heterocycles. The first-order valence-corrected chi connectivity index (χ1v) is 7.66. The van der Waals surface area contributed by atoms with Gasteiger partial charge in [0.05, 0.1) is 0 Å². The third-order valence-corrected chi connectivity index (χ3v) is 3.98. The molecule has 2 heteroatoms. The normalized spacial score (nSPS) is 12.1. The fourth-order valence-corrected chi connectivity index (χ4v) is 2.61. The Balaban J connectivity index is 1.74. The van der Waals surface area contributed by atoms with Crippen LogP contribution in [0.25, 0.3) is 0 Å². The van der Waals surface area contributed by atoms with Crippen LogP contribution >= 0.6 is 11.6 Å². The van der Waals surface area contributed by atoms with Crippen molar-refractivity contribution in [1.82, 2.24) is 0 Å². The summed E-state index contributed by atoms with van der Waals surface area (Å²) in [5.41, 5.74) is 4.26. The van der Waals surface area contributed by atoms with Crippen molar-refractivity contribution in [3.8, 4) is 0 Å². The zero-order valence-corrected chi connectivity index (χ0v) is 12.9. The van der Waals surface area contributed by atoms with Gasteiger partial charge in [-0.05, 0) is 40.8 Å². The predicted molar refractivity (Wildman–Crippen MR) is 91.2 cm³/mol. The number of hydrogen-bond acceptors (Lipinski definition) is 1. The summed E-state index contributed by atoms with van der Waals surface area (Å²) in [6.07, 6.45) is 0.282. The fraction of sp³-hybridized carbons (Fsp3) is 0.100. The Morgan fingerprint density at radius 1 is 0.682 bits per heavy atom. The topological polar surface area (TPSA) is 20.2 Å². The number of halogens is 1. The molecule has 3 rings (SSSR count). The van der Waals surface area contributed by atoms with Crippen molar-refractivity contribution in [2.45, 2.75) is 12.5 Å². The Morgan fingerprint density at radius 3 is 1.77 bits per heavy atom. The highest BCUT2D eigenvalue weighted by atomic mass is 35.5. The number of aliphatic hydroxyl groups is 1. The Labute approximate surface area is 135 Å². The summed E-state index contributed by atoms with van der Waals surface area (Å²) in [4.78, 5) is 0. The Kier molecular flexibility index (Phi) is 4.57. The highest BCUT2D eigenvalue weighted by Gasteiger charge is 2.09. The number of benzene rings is 3. The summed E-state index contributed by atoms with van der Waals surface area (Å²) in [7, 11) is 0. The van der Waals surface area contributed by atoms with Gasteiger partial charge in [0, 0.05) is 5.02 Å². The zero-order valence-electron chi connectivity index (χ0n) is 12.1. The van der Waals surface area contributed by atoms with E-state index in [9.17, 15) is 5.11 Å². The Bertz CT molecular complexity index is 718. The van der Waals surface area contributed by atoms with Crippen LogP contribution in [0, 0.1) is 0 Å². The van der Waals surface area contributed by atoms with Crippen LogP contribution in [-0.2, 0) is 6.42 Å². The largest absolute Gasteiger partial charge is 0.384 e. The molecular formula is C20H17ClO. The molecule has 22 heavy (non-hydrogen) atoms. The molecule has 0 aliphatic heterocycles. The van der Waals surface area contributed by atoms with Gasteiger partial charge in [-0.15, -0.1) is 0 Å². The lowest BCUT2D eigenvalue weighted by Crippen LogP contribution is -1.99. The van der Waals surface area contributed by atoms with Gasteiger partial charge in [0.25, 0.3) is 0 Å². The van der Waals surface area contributed by atoms with Gasteiger partial charge in [0.2, 0.25) is 0 Å². The van der Waals surface area contributed by atoms with E-state index in [4.69, 9.17) is 11.6 Å². The predicted octanol–water partition coefficient (Wildman–Crippen LogP) is 5.01. The average Bonchev–Trinajstić information content (AvgIpc) is 2.58. The third kappa shape index (κ3) is 3.56. The number of hydrogen-bond donors (Lipinski definition) is 1. The molecule has 0 amide bonds. The lowest BCUT2D eigenvalue weighted by atomic mass is 9.98. The van der Waals surface area contributed by atoms with Crippen molar-refractivity contribution in [2.75, 3.05) is 0 Å². The first-order valence-electron chi connectivity index (χ1n) is 7.29. The number of aliphatic hydroxyl groups excluding tert-OH is 1. The van der Waals surface area contributed by atoms with E-state index in [2.05, 4.69) is 12.1 Å². The van der Waals surface area contributed by atoms with Crippen LogP contribution in [0.15, 0.2) is 78.9 Å². The maximum absolute atomic E-state index is 10.4. The van der Waals surface area contributed by atoms with Crippen molar-refractivity contribution in [2.24, 2.45) is 0 Å². The Hall–Kier alpha value is -2.09. The summed E-state index contributed by atoms with van der Waals surface area (Å²) in [5, 5.41) is 11.1. The summed E-state index contributed by atoms with van der Waals surface area (Å²) in [6.45, 7) is 0. The van der Waals surface area contributed by atoms with E-state index in [1.807, 2.05) is 66.7 Å². The quantitative estimate of drug-likeness (QED) is 0.718. The van der Waals surface area contributed by atoms with Crippen LogP contribution in [0.5, 0.6) is 0 Å². The third-order valence-electron chi connectivity index (χ3n) is 3.73. The van der Waals surface area contributed by atoms with Crippen LogP contribution in [0.3, 0.4) is 0 Å². The molecule has 3 aromatic carbocycles. The van der Waals surface area contributed by atoms with Crippen molar-refractivity contribution in [1.29, 1.82) is 0 Å². The lowest BCUT2D eigenvalue weighted by Gasteiger charge is -2.12. The van der Waals surface area contributed by atoms with Crippen molar-refractivity contribution in [3.63, 3.8) is 0 Å². The van der Waals surface area contributed by atoms with Crippen molar-refractivity contribution in [3.05, 3.63) is 106 Å². The number of rotatable bonds is 4. The van der Waals surface area contributed by atoms with E-state index in [0.717, 1.165) is 22.6 Å². The molecule has 110 valence electrons. The van der Waals surface area contributed by atoms with Crippen molar-refractivity contribution >= 4 is 11.6 Å². The lowest BCUT2D eigenvalue weighted by molar-refractivity contribution is 0.220. The van der Waals surface area contributed by atoms with E-state index in [1.165, 1.54) is 11.1 Å². The van der Waals surface area contributed by atoms with Crippen LogP contribution in [0.1, 0.15) is 28.4 Å². The molecule has 0 bridgehead atoms. The monoisotopic (exact) mass is 308 g/mol. The molecule has 1 atom stereocenters. The van der Waals surface area contributed by atoms with Gasteiger partial charge in [-0.25, -0.2) is 0 Å². The molecule has 1 nitrogen and oxygen atoms in total. The maximum atomic E-state index is 10.4. The minimum atomic E-state index is -0.578. The Morgan fingerprint density at radius 2 is 1.18 bits per heavy atom. The van der Waals surface area contributed by atoms with Crippen LogP contribution in [-0.4, -0.2) is 5.11 Å². The molecule has 0 fully saturated rings. The van der Waals surface area contributed by atoms with Gasteiger partial charge in [-0.3, -0.25) is 0 Å². The molecule has 0 saturated carbocycles. The van der Waals surface area contributed by atoms with Crippen molar-refractivity contribution < 1.29 is 5.11 Å². The fourth-order valence-electron chi connectivity index (χ4n) is 2.48. The first-order chi connectivity index (χ1) is 10.7. The molecule has 0 radical (unpaired) electrons.